The molecule has 0 unspecified atom stereocenters. The third-order valence-electron chi connectivity index (χ3n) is 8.21. The van der Waals surface area contributed by atoms with E-state index in [4.69, 9.17) is 33.2 Å². The van der Waals surface area contributed by atoms with Crippen LogP contribution in [-0.2, 0) is 33.2 Å². The Balaban J connectivity index is 1.68. The molecule has 4 aliphatic rings. The van der Waals surface area contributed by atoms with E-state index in [1.165, 1.54) is 0 Å². The van der Waals surface area contributed by atoms with Gasteiger partial charge in [-0.15, -0.1) is 0 Å². The first-order valence-electron chi connectivity index (χ1n) is 14.1. The topological polar surface area (TPSA) is 348 Å². The van der Waals surface area contributed by atoms with E-state index in [1.807, 2.05) is 0 Å². The minimum Gasteiger partial charge on any atom is -0.394 e. The second-order valence-electron chi connectivity index (χ2n) is 11.1. The predicted molar refractivity (Wildman–Crippen MR) is 134 cm³/mol. The average molecular weight is 667 g/mol. The SMILES string of the molecule is OC[C@H]1O[C@H](O[C@@H]2[C@@H](O[C@H]3[C@@H](O)[C@H](O)[C@@H](CO)O[C@H]3O)O[C@H](CO)[C@@H](O)[C@@H]2O[C@H]2O[C@H](CO)[C@H](O)[C@H](O)[C@H]2O)[C@H](O)[C@@H](O)[C@H]1O. The molecule has 4 rings (SSSR count). The first-order valence-corrected chi connectivity index (χ1v) is 14.1. The molecule has 4 fully saturated rings. The fraction of sp³-hybridized carbons (Fsp3) is 1.00. The molecular formula is C24H42O21. The number of rotatable bonds is 10. The Morgan fingerprint density at radius 1 is 0.333 bits per heavy atom. The molecule has 0 spiro atoms. The Kier molecular flexibility index (Phi) is 12.8. The Bertz CT molecular complexity index is 914. The highest BCUT2D eigenvalue weighted by Gasteiger charge is 2.56. The van der Waals surface area contributed by atoms with Gasteiger partial charge in [-0.05, 0) is 0 Å². The molecule has 0 aromatic carbocycles. The van der Waals surface area contributed by atoms with Gasteiger partial charge < -0.3 is 105 Å². The zero-order valence-electron chi connectivity index (χ0n) is 23.5. The standard InChI is InChI=1S/C24H42O21/c25-1-5-11(31)15(35)19(21(38)39-5)44-24-20(45-23-17(37)14(34)10(30)7(3-27)41-23)18(12(32)8(4-28)42-24)43-22-16(36)13(33)9(29)6(2-26)40-22/h5-38H,1-4H2/t5-,6-,7-,8-,9+,10+,11-,12-,13+,14+,15+,16-,17-,18+,19+,20+,21-,22-,23-,24-/m1/s1. The van der Waals surface area contributed by atoms with Crippen LogP contribution in [-0.4, -0.2) is 221 Å². The lowest BCUT2D eigenvalue weighted by atomic mass is 9.95. The lowest BCUT2D eigenvalue weighted by molar-refractivity contribution is -0.407. The molecule has 21 heteroatoms. The minimum atomic E-state index is -2.04. The summed E-state index contributed by atoms with van der Waals surface area (Å²) in [6.07, 6.45) is -36.9. The molecule has 264 valence electrons. The smallest absolute Gasteiger partial charge is 0.187 e. The van der Waals surface area contributed by atoms with E-state index in [2.05, 4.69) is 0 Å². The first kappa shape index (κ1) is 37.0. The molecule has 0 bridgehead atoms. The summed E-state index contributed by atoms with van der Waals surface area (Å²) in [5, 5.41) is 143. The lowest BCUT2D eigenvalue weighted by Crippen LogP contribution is -2.68. The summed E-state index contributed by atoms with van der Waals surface area (Å²) in [4.78, 5) is 0. The van der Waals surface area contributed by atoms with E-state index >= 15 is 0 Å². The van der Waals surface area contributed by atoms with E-state index in [1.54, 1.807) is 0 Å². The second-order valence-corrected chi connectivity index (χ2v) is 11.1. The van der Waals surface area contributed by atoms with Crippen LogP contribution < -0.4 is 0 Å². The number of hydrogen-bond acceptors (Lipinski definition) is 21. The zero-order valence-corrected chi connectivity index (χ0v) is 23.5. The molecule has 20 atom stereocenters. The van der Waals surface area contributed by atoms with E-state index in [-0.39, 0.29) is 0 Å². The summed E-state index contributed by atoms with van der Waals surface area (Å²) in [5.74, 6) is 0. The van der Waals surface area contributed by atoms with Crippen molar-refractivity contribution in [1.29, 1.82) is 0 Å². The van der Waals surface area contributed by atoms with Crippen LogP contribution in [0.25, 0.3) is 0 Å². The van der Waals surface area contributed by atoms with Crippen molar-refractivity contribution in [2.75, 3.05) is 26.4 Å². The van der Waals surface area contributed by atoms with Gasteiger partial charge in [0.1, 0.15) is 97.7 Å². The molecular weight excluding hydrogens is 624 g/mol. The Labute approximate surface area is 254 Å². The summed E-state index contributed by atoms with van der Waals surface area (Å²) >= 11 is 0. The molecule has 0 amide bonds. The van der Waals surface area contributed by atoms with E-state index in [0.29, 0.717) is 0 Å². The van der Waals surface area contributed by atoms with Gasteiger partial charge in [-0.3, -0.25) is 0 Å². The van der Waals surface area contributed by atoms with Crippen LogP contribution in [0.5, 0.6) is 0 Å². The molecule has 4 aliphatic heterocycles. The Hall–Kier alpha value is -0.840. The number of aliphatic hydroxyl groups excluding tert-OH is 14. The highest BCUT2D eigenvalue weighted by atomic mass is 16.8. The van der Waals surface area contributed by atoms with Gasteiger partial charge >= 0.3 is 0 Å². The first-order chi connectivity index (χ1) is 21.3. The van der Waals surface area contributed by atoms with Gasteiger partial charge in [-0.1, -0.05) is 0 Å². The number of aliphatic hydroxyl groups is 14. The normalized spacial score (nSPS) is 52.9. The van der Waals surface area contributed by atoms with Gasteiger partial charge in [0.15, 0.2) is 25.2 Å². The summed E-state index contributed by atoms with van der Waals surface area (Å²) in [5.41, 5.74) is 0. The number of hydrogen-bond donors (Lipinski definition) is 14. The maximum Gasteiger partial charge on any atom is 0.187 e. The predicted octanol–water partition coefficient (Wildman–Crippen LogP) is -9.75. The van der Waals surface area contributed by atoms with E-state index in [0.717, 1.165) is 0 Å². The summed E-state index contributed by atoms with van der Waals surface area (Å²) in [6, 6.07) is 0. The maximum absolute atomic E-state index is 11.1. The second kappa shape index (κ2) is 15.6. The van der Waals surface area contributed by atoms with E-state index in [9.17, 15) is 71.5 Å². The maximum atomic E-state index is 11.1. The lowest BCUT2D eigenvalue weighted by Gasteiger charge is -2.50. The summed E-state index contributed by atoms with van der Waals surface area (Å²) in [7, 11) is 0. The molecule has 0 saturated carbocycles. The van der Waals surface area contributed by atoms with Gasteiger partial charge in [0.25, 0.3) is 0 Å². The van der Waals surface area contributed by atoms with Crippen molar-refractivity contribution in [2.45, 2.75) is 123 Å². The Morgan fingerprint density at radius 3 is 1.16 bits per heavy atom. The minimum absolute atomic E-state index is 0.807. The Morgan fingerprint density at radius 2 is 0.689 bits per heavy atom. The summed E-state index contributed by atoms with van der Waals surface area (Å²) < 4.78 is 38.5. The van der Waals surface area contributed by atoms with Crippen LogP contribution in [0.3, 0.4) is 0 Å². The highest BCUT2D eigenvalue weighted by molar-refractivity contribution is 4.98. The molecule has 0 aliphatic carbocycles. The molecule has 4 heterocycles. The molecule has 0 aromatic rings. The molecule has 0 radical (unpaired) electrons. The van der Waals surface area contributed by atoms with Crippen LogP contribution in [0, 0.1) is 0 Å². The van der Waals surface area contributed by atoms with E-state index < -0.39 is 149 Å². The molecule has 14 N–H and O–H groups in total. The van der Waals surface area contributed by atoms with Crippen molar-refractivity contribution in [3.05, 3.63) is 0 Å². The highest BCUT2D eigenvalue weighted by Crippen LogP contribution is 2.35. The van der Waals surface area contributed by atoms with Crippen LogP contribution in [0.2, 0.25) is 0 Å². The fourth-order valence-electron chi connectivity index (χ4n) is 5.49. The molecule has 0 aromatic heterocycles. The van der Waals surface area contributed by atoms with Gasteiger partial charge in [-0.2, -0.15) is 0 Å². The van der Waals surface area contributed by atoms with Gasteiger partial charge in [0, 0.05) is 0 Å². The average Bonchev–Trinajstić information content (AvgIpc) is 3.03. The molecule has 21 nitrogen and oxygen atoms in total. The third kappa shape index (κ3) is 7.44. The largest absolute Gasteiger partial charge is 0.394 e. The van der Waals surface area contributed by atoms with Gasteiger partial charge in [-0.25, -0.2) is 0 Å². The quantitative estimate of drug-likeness (QED) is 0.103. The van der Waals surface area contributed by atoms with Crippen molar-refractivity contribution >= 4 is 0 Å². The fourth-order valence-corrected chi connectivity index (χ4v) is 5.49. The number of ether oxygens (including phenoxy) is 7. The van der Waals surface area contributed by atoms with Crippen molar-refractivity contribution in [3.8, 4) is 0 Å². The van der Waals surface area contributed by atoms with Crippen molar-refractivity contribution in [1.82, 2.24) is 0 Å². The monoisotopic (exact) mass is 666 g/mol. The molecule has 4 saturated heterocycles. The van der Waals surface area contributed by atoms with Crippen molar-refractivity contribution < 1.29 is 105 Å². The van der Waals surface area contributed by atoms with Crippen LogP contribution in [0.1, 0.15) is 0 Å². The van der Waals surface area contributed by atoms with Gasteiger partial charge in [0.2, 0.25) is 0 Å². The van der Waals surface area contributed by atoms with Crippen molar-refractivity contribution in [2.24, 2.45) is 0 Å². The summed E-state index contributed by atoms with van der Waals surface area (Å²) in [6.45, 7) is -3.47. The van der Waals surface area contributed by atoms with Crippen molar-refractivity contribution in [3.63, 3.8) is 0 Å². The van der Waals surface area contributed by atoms with Crippen LogP contribution in [0.15, 0.2) is 0 Å². The van der Waals surface area contributed by atoms with Crippen LogP contribution in [0.4, 0.5) is 0 Å². The third-order valence-corrected chi connectivity index (χ3v) is 8.21. The van der Waals surface area contributed by atoms with Gasteiger partial charge in [0.05, 0.1) is 26.4 Å². The van der Waals surface area contributed by atoms with Crippen LogP contribution >= 0.6 is 0 Å². The molecule has 45 heavy (non-hydrogen) atoms. The zero-order chi connectivity index (χ0) is 33.3.